The summed E-state index contributed by atoms with van der Waals surface area (Å²) in [5.74, 6) is 0.579. The molecular weight excluding hydrogens is 392 g/mol. The van der Waals surface area contributed by atoms with Crippen LogP contribution < -0.4 is 4.90 Å². The van der Waals surface area contributed by atoms with Crippen molar-refractivity contribution in [3.8, 4) is 11.4 Å². The number of rotatable bonds is 4. The molecule has 1 fully saturated rings. The number of amides is 2. The number of fused-ring (bicyclic) bond motifs is 2. The number of para-hydroxylation sites is 1. The molecule has 3 heterocycles. The van der Waals surface area contributed by atoms with Gasteiger partial charge in [-0.15, -0.1) is 10.2 Å². The molecule has 3 aromatic rings. The van der Waals surface area contributed by atoms with Crippen molar-refractivity contribution in [3.05, 3.63) is 59.7 Å². The predicted octanol–water partition coefficient (Wildman–Crippen LogP) is 2.42. The lowest BCUT2D eigenvalue weighted by atomic mass is 9.81. The molecule has 0 radical (unpaired) electrons. The van der Waals surface area contributed by atoms with Crippen molar-refractivity contribution < 1.29 is 9.59 Å². The van der Waals surface area contributed by atoms with E-state index in [0.717, 1.165) is 23.2 Å². The molecule has 2 aliphatic rings. The number of hydrogen-bond acceptors (Lipinski definition) is 5. The Balaban J connectivity index is 1.39. The van der Waals surface area contributed by atoms with Gasteiger partial charge < -0.3 is 9.80 Å². The average Bonchev–Trinajstić information content (AvgIpc) is 3.49. The van der Waals surface area contributed by atoms with E-state index in [4.69, 9.17) is 0 Å². The van der Waals surface area contributed by atoms with Gasteiger partial charge in [-0.2, -0.15) is 4.80 Å². The van der Waals surface area contributed by atoms with Crippen LogP contribution >= 0.6 is 0 Å². The maximum Gasteiger partial charge on any atom is 0.253 e. The van der Waals surface area contributed by atoms with Crippen LogP contribution in [0.15, 0.2) is 48.5 Å². The zero-order valence-electron chi connectivity index (χ0n) is 17.7. The molecule has 1 unspecified atom stereocenters. The topological polar surface area (TPSA) is 84.2 Å². The Labute approximate surface area is 180 Å². The molecule has 2 amide bonds. The summed E-state index contributed by atoms with van der Waals surface area (Å²) < 4.78 is 0. The van der Waals surface area contributed by atoms with Crippen LogP contribution in [0.25, 0.3) is 11.4 Å². The fraction of sp³-hybridized carbons (Fsp3) is 0.348. The number of anilines is 1. The monoisotopic (exact) mass is 416 g/mol. The number of carbonyl (C=O) groups is 2. The first-order valence-electron chi connectivity index (χ1n) is 10.6. The van der Waals surface area contributed by atoms with Gasteiger partial charge in [0, 0.05) is 36.4 Å². The number of hydrogen-bond donors (Lipinski definition) is 0. The SMILES string of the molecule is CCCN1C(=O)C2(CCN(C(=O)c3ccc(-c4nnn(C)n4)cc3)C2)c2ccccc21. The number of aromatic nitrogens is 4. The Morgan fingerprint density at radius 1 is 1.13 bits per heavy atom. The highest BCUT2D eigenvalue weighted by Gasteiger charge is 2.54. The molecule has 8 heteroatoms. The van der Waals surface area contributed by atoms with Crippen LogP contribution in [0.1, 0.15) is 35.7 Å². The molecule has 31 heavy (non-hydrogen) atoms. The summed E-state index contributed by atoms with van der Waals surface area (Å²) in [5, 5.41) is 12.0. The van der Waals surface area contributed by atoms with E-state index in [1.165, 1.54) is 4.80 Å². The lowest BCUT2D eigenvalue weighted by Gasteiger charge is -2.24. The molecule has 0 bridgehead atoms. The second-order valence-corrected chi connectivity index (χ2v) is 8.21. The van der Waals surface area contributed by atoms with Crippen molar-refractivity contribution >= 4 is 17.5 Å². The van der Waals surface area contributed by atoms with Crippen molar-refractivity contribution in [1.82, 2.24) is 25.1 Å². The standard InChI is InChI=1S/C23H24N6O2/c1-3-13-29-19-7-5-4-6-18(19)23(22(29)31)12-14-28(15-23)21(30)17-10-8-16(9-11-17)20-24-26-27(2)25-20/h4-11H,3,12-15H2,1-2H3. The molecule has 1 spiro atoms. The first kappa shape index (κ1) is 19.4. The molecule has 0 N–H and O–H groups in total. The van der Waals surface area contributed by atoms with Crippen molar-refractivity contribution in [3.63, 3.8) is 0 Å². The van der Waals surface area contributed by atoms with E-state index in [1.54, 1.807) is 24.1 Å². The quantitative estimate of drug-likeness (QED) is 0.652. The fourth-order valence-corrected chi connectivity index (χ4v) is 4.76. The van der Waals surface area contributed by atoms with Gasteiger partial charge in [0.05, 0.1) is 12.5 Å². The minimum atomic E-state index is -0.634. The zero-order valence-corrected chi connectivity index (χ0v) is 17.7. The Kier molecular flexibility index (Phi) is 4.57. The van der Waals surface area contributed by atoms with Crippen molar-refractivity contribution in [2.75, 3.05) is 24.5 Å². The van der Waals surface area contributed by atoms with E-state index in [0.29, 0.717) is 37.4 Å². The Bertz CT molecular complexity index is 1150. The summed E-state index contributed by atoms with van der Waals surface area (Å²) in [6.45, 7) is 3.75. The molecule has 2 aromatic carbocycles. The van der Waals surface area contributed by atoms with Crippen LogP contribution in [0.3, 0.4) is 0 Å². The van der Waals surface area contributed by atoms with Gasteiger partial charge in [0.15, 0.2) is 0 Å². The van der Waals surface area contributed by atoms with Gasteiger partial charge in [-0.25, -0.2) is 0 Å². The second-order valence-electron chi connectivity index (χ2n) is 8.21. The normalized spacial score (nSPS) is 20.0. The van der Waals surface area contributed by atoms with Gasteiger partial charge in [-0.05, 0) is 41.8 Å². The predicted molar refractivity (Wildman–Crippen MR) is 116 cm³/mol. The fourth-order valence-electron chi connectivity index (χ4n) is 4.76. The van der Waals surface area contributed by atoms with E-state index in [1.807, 2.05) is 41.3 Å². The number of benzene rings is 2. The minimum absolute atomic E-state index is 0.0604. The molecule has 158 valence electrons. The van der Waals surface area contributed by atoms with E-state index in [9.17, 15) is 9.59 Å². The Morgan fingerprint density at radius 3 is 2.61 bits per heavy atom. The lowest BCUT2D eigenvalue weighted by Crippen LogP contribution is -2.43. The number of nitrogens with zero attached hydrogens (tertiary/aromatic N) is 6. The van der Waals surface area contributed by atoms with Gasteiger partial charge in [0.1, 0.15) is 0 Å². The first-order chi connectivity index (χ1) is 15.0. The summed E-state index contributed by atoms with van der Waals surface area (Å²) in [5.41, 5.74) is 2.80. The van der Waals surface area contributed by atoms with Crippen LogP contribution in [0.5, 0.6) is 0 Å². The lowest BCUT2D eigenvalue weighted by molar-refractivity contribution is -0.122. The third kappa shape index (κ3) is 3.01. The third-order valence-corrected chi connectivity index (χ3v) is 6.27. The van der Waals surface area contributed by atoms with Crippen LogP contribution in [0, 0.1) is 0 Å². The van der Waals surface area contributed by atoms with E-state index >= 15 is 0 Å². The summed E-state index contributed by atoms with van der Waals surface area (Å²) in [4.78, 5) is 31.8. The van der Waals surface area contributed by atoms with E-state index in [2.05, 4.69) is 22.3 Å². The molecule has 0 saturated carbocycles. The zero-order chi connectivity index (χ0) is 21.6. The molecule has 1 atom stereocenters. The highest BCUT2D eigenvalue weighted by Crippen LogP contribution is 2.47. The molecule has 1 aromatic heterocycles. The average molecular weight is 416 g/mol. The van der Waals surface area contributed by atoms with E-state index in [-0.39, 0.29) is 11.8 Å². The second kappa shape index (κ2) is 7.30. The van der Waals surface area contributed by atoms with Gasteiger partial charge in [-0.3, -0.25) is 9.59 Å². The van der Waals surface area contributed by atoms with Crippen molar-refractivity contribution in [2.45, 2.75) is 25.2 Å². The summed E-state index contributed by atoms with van der Waals surface area (Å²) >= 11 is 0. The molecular formula is C23H24N6O2. The number of carbonyl (C=O) groups excluding carboxylic acids is 2. The summed E-state index contributed by atoms with van der Waals surface area (Å²) in [7, 11) is 1.71. The minimum Gasteiger partial charge on any atom is -0.337 e. The van der Waals surface area contributed by atoms with Crippen LogP contribution in [0.4, 0.5) is 5.69 Å². The molecule has 8 nitrogen and oxygen atoms in total. The van der Waals surface area contributed by atoms with E-state index < -0.39 is 5.41 Å². The third-order valence-electron chi connectivity index (χ3n) is 6.27. The van der Waals surface area contributed by atoms with Crippen LogP contribution in [0.2, 0.25) is 0 Å². The number of tetrazole rings is 1. The summed E-state index contributed by atoms with van der Waals surface area (Å²) in [6.07, 6.45) is 1.54. The molecule has 5 rings (SSSR count). The molecule has 0 aliphatic carbocycles. The van der Waals surface area contributed by atoms with Gasteiger partial charge >= 0.3 is 0 Å². The first-order valence-corrected chi connectivity index (χ1v) is 10.6. The Morgan fingerprint density at radius 2 is 1.90 bits per heavy atom. The van der Waals surface area contributed by atoms with Crippen molar-refractivity contribution in [1.29, 1.82) is 0 Å². The maximum absolute atomic E-state index is 13.5. The van der Waals surface area contributed by atoms with Crippen molar-refractivity contribution in [2.24, 2.45) is 7.05 Å². The molecule has 1 saturated heterocycles. The van der Waals surface area contributed by atoms with Gasteiger partial charge in [0.25, 0.3) is 5.91 Å². The highest BCUT2D eigenvalue weighted by molar-refractivity contribution is 6.09. The largest absolute Gasteiger partial charge is 0.337 e. The maximum atomic E-state index is 13.5. The van der Waals surface area contributed by atoms with Gasteiger partial charge in [0.2, 0.25) is 11.7 Å². The van der Waals surface area contributed by atoms with Crippen LogP contribution in [-0.4, -0.2) is 56.6 Å². The number of likely N-dealkylation sites (tertiary alicyclic amines) is 1. The molecule has 2 aliphatic heterocycles. The highest BCUT2D eigenvalue weighted by atomic mass is 16.2. The smallest absolute Gasteiger partial charge is 0.253 e. The number of aryl methyl sites for hydroxylation is 1. The van der Waals surface area contributed by atoms with Gasteiger partial charge in [-0.1, -0.05) is 37.3 Å². The summed E-state index contributed by atoms with van der Waals surface area (Å²) in [6, 6.07) is 15.2. The van der Waals surface area contributed by atoms with Crippen LogP contribution in [-0.2, 0) is 17.3 Å². The Hall–Kier alpha value is -3.55.